The van der Waals surface area contributed by atoms with Crippen LogP contribution in [0.4, 0.5) is 0 Å². The van der Waals surface area contributed by atoms with E-state index < -0.39 is 0 Å². The summed E-state index contributed by atoms with van der Waals surface area (Å²) in [5, 5.41) is 0. The summed E-state index contributed by atoms with van der Waals surface area (Å²) in [5.41, 5.74) is 2.83. The molecule has 21 heavy (non-hydrogen) atoms. The lowest BCUT2D eigenvalue weighted by Gasteiger charge is -2.17. The van der Waals surface area contributed by atoms with Crippen LogP contribution in [0.5, 0.6) is 5.75 Å². The number of hydrogen-bond donors (Lipinski definition) is 0. The second-order valence-electron chi connectivity index (χ2n) is 5.17. The highest BCUT2D eigenvalue weighted by Gasteiger charge is 2.23. The lowest BCUT2D eigenvalue weighted by Crippen LogP contribution is -2.14. The number of benzene rings is 2. The Bertz CT molecular complexity index is 602. The molecule has 1 atom stereocenters. The zero-order chi connectivity index (χ0) is 15.2. The highest BCUT2D eigenvalue weighted by molar-refractivity contribution is 6.03. The molecule has 0 fully saturated rings. The summed E-state index contributed by atoms with van der Waals surface area (Å²) in [6.07, 6.45) is 0.780. The van der Waals surface area contributed by atoms with E-state index in [9.17, 15) is 4.79 Å². The molecule has 0 aromatic heterocycles. The molecule has 2 aromatic carbocycles. The smallest absolute Gasteiger partial charge is 0.174 e. The van der Waals surface area contributed by atoms with E-state index in [-0.39, 0.29) is 11.7 Å². The fourth-order valence-corrected chi connectivity index (χ4v) is 2.56. The van der Waals surface area contributed by atoms with Gasteiger partial charge in [0.25, 0.3) is 0 Å². The van der Waals surface area contributed by atoms with E-state index in [0.29, 0.717) is 17.9 Å². The van der Waals surface area contributed by atoms with Crippen molar-refractivity contribution < 1.29 is 9.53 Å². The van der Waals surface area contributed by atoms with E-state index in [0.717, 1.165) is 17.5 Å². The predicted molar refractivity (Wildman–Crippen MR) is 86.2 cm³/mol. The first-order valence-corrected chi connectivity index (χ1v) is 7.50. The molecule has 2 nitrogen and oxygen atoms in total. The van der Waals surface area contributed by atoms with Crippen molar-refractivity contribution in [3.8, 4) is 5.75 Å². The molecule has 0 spiro atoms. The molecule has 0 radical (unpaired) electrons. The molecular weight excluding hydrogens is 260 g/mol. The molecule has 0 bridgehead atoms. The standard InChI is InChI=1S/C19H22O2/c1-4-16(15-9-7-6-8-10-15)19(20)17-13-14(3)11-12-18(17)21-5-2/h6-13,16H,4-5H2,1-3H3. The maximum absolute atomic E-state index is 12.9. The fraction of sp³-hybridized carbons (Fsp3) is 0.316. The third-order valence-electron chi connectivity index (χ3n) is 3.63. The number of Topliss-reactive ketones (excluding diaryl/α,β-unsaturated/α-hetero) is 1. The van der Waals surface area contributed by atoms with Gasteiger partial charge in [-0.2, -0.15) is 0 Å². The number of aryl methyl sites for hydroxylation is 1. The molecule has 2 rings (SSSR count). The van der Waals surface area contributed by atoms with Gasteiger partial charge in [-0.3, -0.25) is 4.79 Å². The first kappa shape index (κ1) is 15.3. The van der Waals surface area contributed by atoms with Gasteiger partial charge < -0.3 is 4.74 Å². The lowest BCUT2D eigenvalue weighted by molar-refractivity contribution is 0.0953. The van der Waals surface area contributed by atoms with E-state index in [1.165, 1.54) is 0 Å². The molecule has 0 aliphatic carbocycles. The Labute approximate surface area is 126 Å². The Morgan fingerprint density at radius 3 is 2.43 bits per heavy atom. The molecule has 0 aliphatic heterocycles. The van der Waals surface area contributed by atoms with Crippen LogP contribution in [-0.2, 0) is 0 Å². The number of hydrogen-bond acceptors (Lipinski definition) is 2. The zero-order valence-electron chi connectivity index (χ0n) is 12.9. The van der Waals surface area contributed by atoms with Crippen molar-refractivity contribution in [2.24, 2.45) is 0 Å². The summed E-state index contributed by atoms with van der Waals surface area (Å²) < 4.78 is 5.62. The number of carbonyl (C=O) groups excluding carboxylic acids is 1. The van der Waals surface area contributed by atoms with Crippen LogP contribution in [0.2, 0.25) is 0 Å². The van der Waals surface area contributed by atoms with Gasteiger partial charge in [0.05, 0.1) is 12.2 Å². The Morgan fingerprint density at radius 1 is 1.10 bits per heavy atom. The maximum atomic E-state index is 12.9. The maximum Gasteiger partial charge on any atom is 0.174 e. The molecule has 2 heteroatoms. The van der Waals surface area contributed by atoms with Gasteiger partial charge in [0, 0.05) is 5.92 Å². The van der Waals surface area contributed by atoms with E-state index in [1.807, 2.05) is 69.3 Å². The summed E-state index contributed by atoms with van der Waals surface area (Å²) in [6, 6.07) is 15.8. The number of ketones is 1. The summed E-state index contributed by atoms with van der Waals surface area (Å²) >= 11 is 0. The van der Waals surface area contributed by atoms with Crippen LogP contribution in [0, 0.1) is 6.92 Å². The highest BCUT2D eigenvalue weighted by Crippen LogP contribution is 2.29. The molecule has 0 aliphatic rings. The number of ether oxygens (including phenoxy) is 1. The monoisotopic (exact) mass is 282 g/mol. The zero-order valence-corrected chi connectivity index (χ0v) is 12.9. The van der Waals surface area contributed by atoms with Crippen LogP contribution in [0.25, 0.3) is 0 Å². The SMILES string of the molecule is CCOc1ccc(C)cc1C(=O)C(CC)c1ccccc1. The van der Waals surface area contributed by atoms with Gasteiger partial charge in [-0.05, 0) is 38.0 Å². The van der Waals surface area contributed by atoms with E-state index in [1.54, 1.807) is 0 Å². The van der Waals surface area contributed by atoms with Gasteiger partial charge in [0.2, 0.25) is 0 Å². The van der Waals surface area contributed by atoms with Crippen molar-refractivity contribution in [2.75, 3.05) is 6.61 Å². The van der Waals surface area contributed by atoms with E-state index >= 15 is 0 Å². The fourth-order valence-electron chi connectivity index (χ4n) is 2.56. The van der Waals surface area contributed by atoms with Gasteiger partial charge in [-0.15, -0.1) is 0 Å². The molecular formula is C19H22O2. The molecule has 110 valence electrons. The largest absolute Gasteiger partial charge is 0.493 e. The predicted octanol–water partition coefficient (Wildman–Crippen LogP) is 4.77. The topological polar surface area (TPSA) is 26.3 Å². The normalized spacial score (nSPS) is 12.0. The Morgan fingerprint density at radius 2 is 1.81 bits per heavy atom. The Balaban J connectivity index is 2.40. The first-order chi connectivity index (χ1) is 10.2. The van der Waals surface area contributed by atoms with Crippen molar-refractivity contribution in [1.82, 2.24) is 0 Å². The van der Waals surface area contributed by atoms with Gasteiger partial charge in [0.15, 0.2) is 5.78 Å². The molecule has 0 amide bonds. The summed E-state index contributed by atoms with van der Waals surface area (Å²) in [5.74, 6) is 0.700. The van der Waals surface area contributed by atoms with Crippen molar-refractivity contribution in [1.29, 1.82) is 0 Å². The van der Waals surface area contributed by atoms with Crippen molar-refractivity contribution >= 4 is 5.78 Å². The minimum absolute atomic E-state index is 0.118. The second kappa shape index (κ2) is 7.07. The molecule has 0 saturated carbocycles. The van der Waals surface area contributed by atoms with Crippen LogP contribution in [0.3, 0.4) is 0 Å². The van der Waals surface area contributed by atoms with Crippen LogP contribution in [0.1, 0.15) is 47.7 Å². The van der Waals surface area contributed by atoms with Gasteiger partial charge in [-0.1, -0.05) is 48.9 Å². The number of rotatable bonds is 6. The average molecular weight is 282 g/mol. The lowest BCUT2D eigenvalue weighted by atomic mass is 9.88. The first-order valence-electron chi connectivity index (χ1n) is 7.50. The van der Waals surface area contributed by atoms with Crippen LogP contribution in [0.15, 0.2) is 48.5 Å². The van der Waals surface area contributed by atoms with Crippen LogP contribution in [-0.4, -0.2) is 12.4 Å². The molecule has 1 unspecified atom stereocenters. The Hall–Kier alpha value is -2.09. The van der Waals surface area contributed by atoms with Crippen molar-refractivity contribution in [3.63, 3.8) is 0 Å². The minimum atomic E-state index is -0.118. The van der Waals surface area contributed by atoms with E-state index in [2.05, 4.69) is 0 Å². The highest BCUT2D eigenvalue weighted by atomic mass is 16.5. The molecule has 0 saturated heterocycles. The van der Waals surface area contributed by atoms with Crippen molar-refractivity contribution in [3.05, 3.63) is 65.2 Å². The van der Waals surface area contributed by atoms with Crippen LogP contribution < -0.4 is 4.74 Å². The third-order valence-corrected chi connectivity index (χ3v) is 3.63. The summed E-state index contributed by atoms with van der Waals surface area (Å²) in [6.45, 7) is 6.54. The Kier molecular flexibility index (Phi) is 5.15. The second-order valence-corrected chi connectivity index (χ2v) is 5.17. The molecule has 0 N–H and O–H groups in total. The molecule has 0 heterocycles. The van der Waals surface area contributed by atoms with Crippen LogP contribution >= 0.6 is 0 Å². The average Bonchev–Trinajstić information content (AvgIpc) is 2.51. The quantitative estimate of drug-likeness (QED) is 0.713. The van der Waals surface area contributed by atoms with Gasteiger partial charge in [0.1, 0.15) is 5.75 Å². The molecule has 2 aromatic rings. The third kappa shape index (κ3) is 3.52. The van der Waals surface area contributed by atoms with E-state index in [4.69, 9.17) is 4.74 Å². The summed E-state index contributed by atoms with van der Waals surface area (Å²) in [4.78, 5) is 12.9. The van der Waals surface area contributed by atoms with Gasteiger partial charge in [-0.25, -0.2) is 0 Å². The number of carbonyl (C=O) groups is 1. The summed E-state index contributed by atoms with van der Waals surface area (Å²) in [7, 11) is 0. The van der Waals surface area contributed by atoms with Crippen molar-refractivity contribution in [2.45, 2.75) is 33.1 Å². The minimum Gasteiger partial charge on any atom is -0.493 e. The van der Waals surface area contributed by atoms with Gasteiger partial charge >= 0.3 is 0 Å².